The lowest BCUT2D eigenvalue weighted by Gasteiger charge is -2.35. The Morgan fingerprint density at radius 1 is 1.12 bits per heavy atom. The minimum Gasteiger partial charge on any atom is -0.310 e. The van der Waals surface area contributed by atoms with Crippen molar-refractivity contribution in [2.75, 3.05) is 26.2 Å². The molecule has 1 aliphatic rings. The van der Waals surface area contributed by atoms with Gasteiger partial charge in [0.05, 0.1) is 0 Å². The van der Waals surface area contributed by atoms with Gasteiger partial charge < -0.3 is 10.2 Å². The highest BCUT2D eigenvalue weighted by atomic mass is 15.2. The zero-order chi connectivity index (χ0) is 11.9. The molecule has 1 aliphatic heterocycles. The van der Waals surface area contributed by atoms with Crippen LogP contribution >= 0.6 is 0 Å². The molecule has 0 aromatic heterocycles. The normalized spacial score (nSPS) is 21.9. The quantitative estimate of drug-likeness (QED) is 0.700. The van der Waals surface area contributed by atoms with E-state index in [0.29, 0.717) is 5.54 Å². The molecule has 0 saturated carbocycles. The van der Waals surface area contributed by atoms with E-state index in [2.05, 4.69) is 31.0 Å². The third-order valence-corrected chi connectivity index (χ3v) is 4.11. The Kier molecular flexibility index (Phi) is 6.37. The van der Waals surface area contributed by atoms with E-state index in [9.17, 15) is 0 Å². The van der Waals surface area contributed by atoms with Crippen molar-refractivity contribution in [1.29, 1.82) is 0 Å². The minimum absolute atomic E-state index is 0.392. The fourth-order valence-electron chi connectivity index (χ4n) is 2.72. The third-order valence-electron chi connectivity index (χ3n) is 4.11. The van der Waals surface area contributed by atoms with Crippen molar-refractivity contribution < 1.29 is 0 Å². The molecule has 0 unspecified atom stereocenters. The van der Waals surface area contributed by atoms with Gasteiger partial charge in [0.15, 0.2) is 0 Å². The summed E-state index contributed by atoms with van der Waals surface area (Å²) in [4.78, 5) is 2.68. The van der Waals surface area contributed by atoms with Crippen LogP contribution in [0.15, 0.2) is 0 Å². The zero-order valence-corrected chi connectivity index (χ0v) is 11.5. The first kappa shape index (κ1) is 14.0. The molecule has 0 aromatic rings. The van der Waals surface area contributed by atoms with Gasteiger partial charge >= 0.3 is 0 Å². The first-order chi connectivity index (χ1) is 7.76. The van der Waals surface area contributed by atoms with Crippen LogP contribution in [0.3, 0.4) is 0 Å². The van der Waals surface area contributed by atoms with E-state index in [1.165, 1.54) is 64.7 Å². The fourth-order valence-corrected chi connectivity index (χ4v) is 2.72. The highest BCUT2D eigenvalue weighted by molar-refractivity contribution is 4.90. The van der Waals surface area contributed by atoms with E-state index in [-0.39, 0.29) is 0 Å². The van der Waals surface area contributed by atoms with Crippen molar-refractivity contribution in [3.05, 3.63) is 0 Å². The van der Waals surface area contributed by atoms with Gasteiger partial charge in [-0.2, -0.15) is 0 Å². The van der Waals surface area contributed by atoms with E-state index in [0.717, 1.165) is 0 Å². The van der Waals surface area contributed by atoms with Gasteiger partial charge in [0.1, 0.15) is 0 Å². The molecule has 2 nitrogen and oxygen atoms in total. The monoisotopic (exact) mass is 226 g/mol. The van der Waals surface area contributed by atoms with Crippen LogP contribution in [-0.4, -0.2) is 36.6 Å². The molecular weight excluding hydrogens is 196 g/mol. The fraction of sp³-hybridized carbons (Fsp3) is 1.00. The van der Waals surface area contributed by atoms with Gasteiger partial charge in [-0.1, -0.05) is 33.6 Å². The molecule has 2 heteroatoms. The van der Waals surface area contributed by atoms with Crippen molar-refractivity contribution in [1.82, 2.24) is 10.2 Å². The van der Waals surface area contributed by atoms with Gasteiger partial charge in [0, 0.05) is 12.1 Å². The molecule has 1 saturated heterocycles. The maximum absolute atomic E-state index is 3.77. The van der Waals surface area contributed by atoms with Gasteiger partial charge in [0.25, 0.3) is 0 Å². The second-order valence-electron chi connectivity index (χ2n) is 5.25. The predicted molar refractivity (Wildman–Crippen MR) is 71.9 cm³/mol. The van der Waals surface area contributed by atoms with Crippen molar-refractivity contribution in [3.63, 3.8) is 0 Å². The van der Waals surface area contributed by atoms with E-state index in [4.69, 9.17) is 0 Å². The molecule has 96 valence electrons. The average molecular weight is 226 g/mol. The second-order valence-corrected chi connectivity index (χ2v) is 5.25. The summed E-state index contributed by atoms with van der Waals surface area (Å²) in [6, 6.07) is 0. The lowest BCUT2D eigenvalue weighted by atomic mass is 9.92. The lowest BCUT2D eigenvalue weighted by molar-refractivity contribution is 0.194. The Bertz CT molecular complexity index is 176. The summed E-state index contributed by atoms with van der Waals surface area (Å²) in [5.74, 6) is 0. The molecule has 0 aromatic carbocycles. The molecule has 1 heterocycles. The standard InChI is InChI=1S/C14H30N2/c1-4-7-8-11-16-12-9-10-15-14(5-2,6-3)13-16/h15H,4-13H2,1-3H3. The summed E-state index contributed by atoms with van der Waals surface area (Å²) < 4.78 is 0. The first-order valence-corrected chi connectivity index (χ1v) is 7.23. The maximum Gasteiger partial charge on any atom is 0.0303 e. The number of nitrogens with zero attached hydrogens (tertiary/aromatic N) is 1. The molecular formula is C14H30N2. The molecule has 0 atom stereocenters. The van der Waals surface area contributed by atoms with Crippen LogP contribution in [0.4, 0.5) is 0 Å². The van der Waals surface area contributed by atoms with E-state index < -0.39 is 0 Å². The van der Waals surface area contributed by atoms with Crippen LogP contribution < -0.4 is 5.32 Å². The molecule has 1 N–H and O–H groups in total. The van der Waals surface area contributed by atoms with Crippen molar-refractivity contribution in [2.45, 2.75) is 64.8 Å². The second kappa shape index (κ2) is 7.29. The van der Waals surface area contributed by atoms with Gasteiger partial charge in [-0.15, -0.1) is 0 Å². The molecule has 0 radical (unpaired) electrons. The van der Waals surface area contributed by atoms with Crippen LogP contribution in [0.5, 0.6) is 0 Å². The van der Waals surface area contributed by atoms with Crippen molar-refractivity contribution in [2.24, 2.45) is 0 Å². The number of hydrogen-bond donors (Lipinski definition) is 1. The molecule has 0 aliphatic carbocycles. The molecule has 0 bridgehead atoms. The highest BCUT2D eigenvalue weighted by Gasteiger charge is 2.29. The molecule has 1 rings (SSSR count). The van der Waals surface area contributed by atoms with E-state index in [1.807, 2.05) is 0 Å². The highest BCUT2D eigenvalue weighted by Crippen LogP contribution is 2.20. The molecule has 16 heavy (non-hydrogen) atoms. The summed E-state index contributed by atoms with van der Waals surface area (Å²) in [6.07, 6.45) is 7.92. The Morgan fingerprint density at radius 2 is 1.88 bits per heavy atom. The van der Waals surface area contributed by atoms with Crippen LogP contribution in [0.25, 0.3) is 0 Å². The van der Waals surface area contributed by atoms with Crippen molar-refractivity contribution in [3.8, 4) is 0 Å². The van der Waals surface area contributed by atoms with Crippen LogP contribution in [0, 0.1) is 0 Å². The molecule has 0 amide bonds. The molecule has 1 fully saturated rings. The Labute approximate surface area is 102 Å². The Hall–Kier alpha value is -0.0800. The summed E-state index contributed by atoms with van der Waals surface area (Å²) in [7, 11) is 0. The van der Waals surface area contributed by atoms with Crippen LogP contribution in [0.2, 0.25) is 0 Å². The topological polar surface area (TPSA) is 15.3 Å². The number of unbranched alkanes of at least 4 members (excludes halogenated alkanes) is 2. The lowest BCUT2D eigenvalue weighted by Crippen LogP contribution is -2.50. The average Bonchev–Trinajstić information content (AvgIpc) is 2.53. The molecule has 0 spiro atoms. The number of rotatable bonds is 6. The number of hydrogen-bond acceptors (Lipinski definition) is 2. The van der Waals surface area contributed by atoms with Gasteiger partial charge in [-0.05, 0) is 45.3 Å². The summed E-state index contributed by atoms with van der Waals surface area (Å²) in [6.45, 7) is 12.0. The van der Waals surface area contributed by atoms with Crippen molar-refractivity contribution >= 4 is 0 Å². The van der Waals surface area contributed by atoms with Gasteiger partial charge in [0.2, 0.25) is 0 Å². The van der Waals surface area contributed by atoms with E-state index in [1.54, 1.807) is 0 Å². The SMILES string of the molecule is CCCCCN1CCCNC(CC)(CC)C1. The third kappa shape index (κ3) is 4.06. The predicted octanol–water partition coefficient (Wildman–Crippen LogP) is 3.03. The Balaban J connectivity index is 2.44. The minimum atomic E-state index is 0.392. The summed E-state index contributed by atoms with van der Waals surface area (Å²) in [5.41, 5.74) is 0.392. The van der Waals surface area contributed by atoms with Gasteiger partial charge in [-0.3, -0.25) is 0 Å². The first-order valence-electron chi connectivity index (χ1n) is 7.23. The Morgan fingerprint density at radius 3 is 2.50 bits per heavy atom. The largest absolute Gasteiger partial charge is 0.310 e. The zero-order valence-electron chi connectivity index (χ0n) is 11.5. The summed E-state index contributed by atoms with van der Waals surface area (Å²) >= 11 is 0. The van der Waals surface area contributed by atoms with Gasteiger partial charge in [-0.25, -0.2) is 0 Å². The maximum atomic E-state index is 3.77. The van der Waals surface area contributed by atoms with E-state index >= 15 is 0 Å². The van der Waals surface area contributed by atoms with Crippen LogP contribution in [-0.2, 0) is 0 Å². The smallest absolute Gasteiger partial charge is 0.0303 e. The summed E-state index contributed by atoms with van der Waals surface area (Å²) in [5, 5.41) is 3.77. The van der Waals surface area contributed by atoms with Crippen LogP contribution in [0.1, 0.15) is 59.3 Å². The number of nitrogens with one attached hydrogen (secondary N) is 1.